The monoisotopic (exact) mass is 357 g/mol. The molecular weight excluding hydrogens is 338 g/mol. The van der Waals surface area contributed by atoms with Crippen molar-refractivity contribution in [3.63, 3.8) is 0 Å². The maximum absolute atomic E-state index is 12.6. The fourth-order valence-electron chi connectivity index (χ4n) is 2.73. The number of anilines is 1. The van der Waals surface area contributed by atoms with Crippen molar-refractivity contribution >= 4 is 40.1 Å². The number of benzene rings is 1. The highest BCUT2D eigenvalue weighted by Crippen LogP contribution is 2.24. The highest BCUT2D eigenvalue weighted by molar-refractivity contribution is 7.13. The van der Waals surface area contributed by atoms with Crippen LogP contribution in [0.15, 0.2) is 18.2 Å². The minimum Gasteiger partial charge on any atom is -0.366 e. The highest BCUT2D eigenvalue weighted by Gasteiger charge is 2.18. The average molecular weight is 357 g/mol. The van der Waals surface area contributed by atoms with Crippen molar-refractivity contribution < 1.29 is 9.59 Å². The van der Waals surface area contributed by atoms with E-state index in [2.05, 4.69) is 15.3 Å². The van der Waals surface area contributed by atoms with Gasteiger partial charge in [-0.2, -0.15) is 0 Å². The van der Waals surface area contributed by atoms with Crippen LogP contribution >= 0.6 is 11.3 Å². The van der Waals surface area contributed by atoms with Crippen LogP contribution in [0.3, 0.4) is 0 Å². The summed E-state index contributed by atoms with van der Waals surface area (Å²) < 4.78 is 1.93. The van der Waals surface area contributed by atoms with E-state index in [0.717, 1.165) is 16.9 Å². The van der Waals surface area contributed by atoms with Crippen LogP contribution < -0.4 is 11.1 Å². The number of imidazole rings is 1. The fraction of sp³-hybridized carbons (Fsp3) is 0.294. The van der Waals surface area contributed by atoms with Gasteiger partial charge in [-0.25, -0.2) is 9.97 Å². The smallest absolute Gasteiger partial charge is 0.269 e. The van der Waals surface area contributed by atoms with Crippen molar-refractivity contribution in [1.29, 1.82) is 0 Å². The van der Waals surface area contributed by atoms with E-state index in [4.69, 9.17) is 5.73 Å². The van der Waals surface area contributed by atoms with Gasteiger partial charge in [0.1, 0.15) is 4.88 Å². The van der Waals surface area contributed by atoms with Crippen molar-refractivity contribution in [2.24, 2.45) is 5.73 Å². The van der Waals surface area contributed by atoms with Crippen molar-refractivity contribution in [1.82, 2.24) is 14.5 Å². The molecule has 3 rings (SSSR count). The third kappa shape index (κ3) is 3.25. The molecule has 0 atom stereocenters. The number of hydrogen-bond donors (Lipinski definition) is 2. The van der Waals surface area contributed by atoms with E-state index < -0.39 is 5.91 Å². The number of hydrogen-bond acceptors (Lipinski definition) is 5. The third-order valence-corrected chi connectivity index (χ3v) is 4.89. The lowest BCUT2D eigenvalue weighted by molar-refractivity contribution is 0.0997. The predicted octanol–water partition coefficient (Wildman–Crippen LogP) is 2.87. The lowest BCUT2D eigenvalue weighted by Crippen LogP contribution is -2.16. The van der Waals surface area contributed by atoms with Gasteiger partial charge in [-0.05, 0) is 38.5 Å². The SMILES string of the molecule is CCCn1c(NC(=O)c2sc(C)nc2C)nc2cc(C(N)=O)ccc21. The maximum Gasteiger partial charge on any atom is 0.269 e. The molecule has 0 aliphatic rings. The lowest BCUT2D eigenvalue weighted by Gasteiger charge is -2.08. The molecule has 3 N–H and O–H groups in total. The van der Waals surface area contributed by atoms with Crippen molar-refractivity contribution in [3.05, 3.63) is 39.3 Å². The summed E-state index contributed by atoms with van der Waals surface area (Å²) in [6.07, 6.45) is 0.880. The Labute approximate surface area is 148 Å². The molecule has 25 heavy (non-hydrogen) atoms. The number of nitrogens with zero attached hydrogens (tertiary/aromatic N) is 3. The molecule has 1 aromatic carbocycles. The Morgan fingerprint density at radius 1 is 1.28 bits per heavy atom. The molecule has 0 saturated carbocycles. The zero-order valence-electron chi connectivity index (χ0n) is 14.3. The molecule has 0 aliphatic carbocycles. The molecule has 0 unspecified atom stereocenters. The Kier molecular flexibility index (Phi) is 4.54. The summed E-state index contributed by atoms with van der Waals surface area (Å²) in [4.78, 5) is 33.3. The molecule has 0 fully saturated rings. The number of carbonyl (C=O) groups excluding carboxylic acids is 2. The van der Waals surface area contributed by atoms with Crippen LogP contribution in [0.5, 0.6) is 0 Å². The van der Waals surface area contributed by atoms with E-state index >= 15 is 0 Å². The third-order valence-electron chi connectivity index (χ3n) is 3.82. The number of rotatable bonds is 5. The Hall–Kier alpha value is -2.74. The second-order valence-electron chi connectivity index (χ2n) is 5.76. The molecule has 2 amide bonds. The number of amides is 2. The van der Waals surface area contributed by atoms with E-state index in [0.29, 0.717) is 34.1 Å². The summed E-state index contributed by atoms with van der Waals surface area (Å²) >= 11 is 1.35. The van der Waals surface area contributed by atoms with Crippen LogP contribution in [0.2, 0.25) is 0 Å². The molecule has 0 bridgehead atoms. The first-order chi connectivity index (χ1) is 11.9. The molecule has 0 aliphatic heterocycles. The van der Waals surface area contributed by atoms with Crippen LogP contribution in [-0.2, 0) is 6.54 Å². The Morgan fingerprint density at radius 2 is 2.04 bits per heavy atom. The lowest BCUT2D eigenvalue weighted by atomic mass is 10.2. The Morgan fingerprint density at radius 3 is 2.64 bits per heavy atom. The van der Waals surface area contributed by atoms with Crippen LogP contribution in [0, 0.1) is 13.8 Å². The molecule has 3 aromatic rings. The van der Waals surface area contributed by atoms with E-state index in [1.807, 2.05) is 25.3 Å². The van der Waals surface area contributed by atoms with Crippen LogP contribution in [0.4, 0.5) is 5.95 Å². The van der Waals surface area contributed by atoms with Crippen molar-refractivity contribution in [2.75, 3.05) is 5.32 Å². The number of aromatic nitrogens is 3. The first-order valence-corrected chi connectivity index (χ1v) is 8.77. The van der Waals surface area contributed by atoms with E-state index in [1.54, 1.807) is 18.2 Å². The number of carbonyl (C=O) groups is 2. The van der Waals surface area contributed by atoms with Gasteiger partial charge >= 0.3 is 0 Å². The van der Waals surface area contributed by atoms with Gasteiger partial charge in [-0.3, -0.25) is 14.9 Å². The normalized spacial score (nSPS) is 11.0. The van der Waals surface area contributed by atoms with Crippen LogP contribution in [-0.4, -0.2) is 26.3 Å². The van der Waals surface area contributed by atoms with Gasteiger partial charge in [-0.1, -0.05) is 6.92 Å². The molecule has 130 valence electrons. The van der Waals surface area contributed by atoms with Gasteiger partial charge < -0.3 is 10.3 Å². The molecule has 7 nitrogen and oxygen atoms in total. The van der Waals surface area contributed by atoms with Gasteiger partial charge in [0.25, 0.3) is 5.91 Å². The quantitative estimate of drug-likeness (QED) is 0.733. The van der Waals surface area contributed by atoms with E-state index in [1.165, 1.54) is 11.3 Å². The molecular formula is C17H19N5O2S. The second kappa shape index (κ2) is 6.64. The molecule has 0 radical (unpaired) electrons. The number of primary amides is 1. The summed E-state index contributed by atoms with van der Waals surface area (Å²) in [5, 5.41) is 3.71. The van der Waals surface area contributed by atoms with Crippen molar-refractivity contribution in [2.45, 2.75) is 33.7 Å². The summed E-state index contributed by atoms with van der Waals surface area (Å²) in [5.41, 5.74) is 7.90. The van der Waals surface area contributed by atoms with Crippen LogP contribution in [0.1, 0.15) is 44.1 Å². The summed E-state index contributed by atoms with van der Waals surface area (Å²) in [7, 11) is 0. The summed E-state index contributed by atoms with van der Waals surface area (Å²) in [6.45, 7) is 6.42. The van der Waals surface area contributed by atoms with E-state index in [-0.39, 0.29) is 5.91 Å². The average Bonchev–Trinajstić information content (AvgIpc) is 3.07. The van der Waals surface area contributed by atoms with Gasteiger partial charge in [0.15, 0.2) is 0 Å². The van der Waals surface area contributed by atoms with Gasteiger partial charge in [0.05, 0.1) is 21.7 Å². The van der Waals surface area contributed by atoms with Crippen LogP contribution in [0.25, 0.3) is 11.0 Å². The minimum atomic E-state index is -0.506. The number of nitrogens with two attached hydrogens (primary N) is 1. The molecule has 0 spiro atoms. The highest BCUT2D eigenvalue weighted by atomic mass is 32.1. The van der Waals surface area contributed by atoms with Gasteiger partial charge in [0, 0.05) is 12.1 Å². The fourth-order valence-corrected chi connectivity index (χ4v) is 3.54. The predicted molar refractivity (Wildman–Crippen MR) is 98.1 cm³/mol. The largest absolute Gasteiger partial charge is 0.366 e. The Bertz CT molecular complexity index is 973. The van der Waals surface area contributed by atoms with Gasteiger partial charge in [-0.15, -0.1) is 11.3 Å². The molecule has 0 saturated heterocycles. The standard InChI is InChI=1S/C17H19N5O2S/c1-4-7-22-13-6-5-11(15(18)23)8-12(13)20-17(22)21-16(24)14-9(2)19-10(3)25-14/h5-6,8H,4,7H2,1-3H3,(H2,18,23)(H,20,21,24). The number of nitrogens with one attached hydrogen (secondary N) is 1. The topological polar surface area (TPSA) is 103 Å². The molecule has 8 heteroatoms. The maximum atomic E-state index is 12.6. The summed E-state index contributed by atoms with van der Waals surface area (Å²) in [6, 6.07) is 5.11. The van der Waals surface area contributed by atoms with Crippen molar-refractivity contribution in [3.8, 4) is 0 Å². The van der Waals surface area contributed by atoms with Gasteiger partial charge in [0.2, 0.25) is 11.9 Å². The Balaban J connectivity index is 2.02. The second-order valence-corrected chi connectivity index (χ2v) is 6.96. The number of thiazole rings is 1. The zero-order valence-corrected chi connectivity index (χ0v) is 15.1. The zero-order chi connectivity index (χ0) is 18.1. The first kappa shape index (κ1) is 17.1. The molecule has 2 heterocycles. The molecule has 2 aromatic heterocycles. The van der Waals surface area contributed by atoms with E-state index in [9.17, 15) is 9.59 Å². The minimum absolute atomic E-state index is 0.231. The number of aryl methyl sites for hydroxylation is 3. The summed E-state index contributed by atoms with van der Waals surface area (Å²) in [5.74, 6) is -0.284. The first-order valence-electron chi connectivity index (χ1n) is 7.96. The number of fused-ring (bicyclic) bond motifs is 1.